The highest BCUT2D eigenvalue weighted by Gasteiger charge is 2.33. The number of anilines is 1. The van der Waals surface area contributed by atoms with Gasteiger partial charge in [0, 0.05) is 6.54 Å². The molecule has 0 atom stereocenters. The Bertz CT molecular complexity index is 493. The fourth-order valence-corrected chi connectivity index (χ4v) is 1.36. The van der Waals surface area contributed by atoms with Crippen LogP contribution in [0.5, 0.6) is 0 Å². The number of aromatic nitrogens is 1. The van der Waals surface area contributed by atoms with Gasteiger partial charge >= 0.3 is 6.18 Å². The van der Waals surface area contributed by atoms with Crippen molar-refractivity contribution in [2.24, 2.45) is 5.73 Å². The molecule has 0 saturated heterocycles. The zero-order valence-electron chi connectivity index (χ0n) is 10.6. The van der Waals surface area contributed by atoms with Gasteiger partial charge in [0.05, 0.1) is 12.2 Å². The number of ether oxygens (including phenoxy) is 1. The van der Waals surface area contributed by atoms with Crippen LogP contribution in [0.4, 0.5) is 27.8 Å². The number of alkyl halides is 5. The minimum atomic E-state index is -4.68. The van der Waals surface area contributed by atoms with Crippen molar-refractivity contribution in [2.75, 3.05) is 25.1 Å². The molecule has 3 N–H and O–H groups in total. The summed E-state index contributed by atoms with van der Waals surface area (Å²) in [5.41, 5.74) is 3.57. The predicted octanol–water partition coefficient (Wildman–Crippen LogP) is 1.89. The number of rotatable bonds is 7. The van der Waals surface area contributed by atoms with Crippen LogP contribution in [-0.2, 0) is 10.9 Å². The van der Waals surface area contributed by atoms with Crippen molar-refractivity contribution in [3.8, 4) is 0 Å². The van der Waals surface area contributed by atoms with Crippen LogP contribution in [0.2, 0.25) is 0 Å². The molecule has 0 aromatic carbocycles. The Balaban J connectivity index is 2.75. The van der Waals surface area contributed by atoms with Crippen molar-refractivity contribution in [1.82, 2.24) is 4.98 Å². The zero-order chi connectivity index (χ0) is 16.0. The van der Waals surface area contributed by atoms with Crippen LogP contribution in [0.1, 0.15) is 16.1 Å². The third-order valence-electron chi connectivity index (χ3n) is 2.23. The van der Waals surface area contributed by atoms with Crippen LogP contribution in [0.15, 0.2) is 12.1 Å². The number of pyridine rings is 1. The molecule has 1 aromatic rings. The summed E-state index contributed by atoms with van der Waals surface area (Å²) in [7, 11) is 0. The molecule has 0 aliphatic carbocycles. The third kappa shape index (κ3) is 5.50. The molecular formula is C11H12F5N3O2. The molecule has 0 aliphatic heterocycles. The largest absolute Gasteiger partial charge is 0.433 e. The van der Waals surface area contributed by atoms with Crippen LogP contribution >= 0.6 is 0 Å². The number of hydrogen-bond donors (Lipinski definition) is 2. The highest BCUT2D eigenvalue weighted by molar-refractivity contribution is 5.97. The molecule has 0 unspecified atom stereocenters. The lowest BCUT2D eigenvalue weighted by Gasteiger charge is -2.12. The highest BCUT2D eigenvalue weighted by atomic mass is 19.4. The summed E-state index contributed by atoms with van der Waals surface area (Å²) in [6.07, 6.45) is -7.32. The Labute approximate surface area is 116 Å². The van der Waals surface area contributed by atoms with Crippen LogP contribution in [0.3, 0.4) is 0 Å². The van der Waals surface area contributed by atoms with Crippen molar-refractivity contribution in [2.45, 2.75) is 12.6 Å². The first-order chi connectivity index (χ1) is 9.71. The second-order valence-electron chi connectivity index (χ2n) is 3.85. The van der Waals surface area contributed by atoms with Gasteiger partial charge in [-0.25, -0.2) is 13.8 Å². The van der Waals surface area contributed by atoms with E-state index >= 15 is 0 Å². The summed E-state index contributed by atoms with van der Waals surface area (Å²) in [6.45, 7) is -1.10. The van der Waals surface area contributed by atoms with E-state index < -0.39 is 30.8 Å². The van der Waals surface area contributed by atoms with E-state index in [9.17, 15) is 26.7 Å². The van der Waals surface area contributed by atoms with Crippen molar-refractivity contribution in [3.05, 3.63) is 23.4 Å². The Morgan fingerprint density at radius 2 is 2.05 bits per heavy atom. The number of amides is 1. The standard InChI is InChI=1S/C11H12F5N3O2/c12-8(13)5-21-4-3-18-10-6(9(17)20)1-2-7(19-10)11(14,15)16/h1-2,8H,3-5H2,(H2,17,20)(H,18,19). The summed E-state index contributed by atoms with van der Waals surface area (Å²) in [5, 5.41) is 2.40. The van der Waals surface area contributed by atoms with Gasteiger partial charge in [-0.3, -0.25) is 4.79 Å². The smallest absolute Gasteiger partial charge is 0.374 e. The molecule has 0 radical (unpaired) electrons. The molecule has 0 spiro atoms. The average molecular weight is 313 g/mol. The fraction of sp³-hybridized carbons (Fsp3) is 0.455. The minimum Gasteiger partial charge on any atom is -0.374 e. The van der Waals surface area contributed by atoms with Gasteiger partial charge in [-0.05, 0) is 12.1 Å². The number of nitrogens with two attached hydrogens (primary N) is 1. The number of halogens is 5. The average Bonchev–Trinajstić information content (AvgIpc) is 2.36. The molecule has 118 valence electrons. The maximum absolute atomic E-state index is 12.5. The SMILES string of the molecule is NC(=O)c1ccc(C(F)(F)F)nc1NCCOCC(F)F. The van der Waals surface area contributed by atoms with Gasteiger partial charge in [-0.15, -0.1) is 0 Å². The van der Waals surface area contributed by atoms with E-state index in [0.29, 0.717) is 6.07 Å². The van der Waals surface area contributed by atoms with Crippen molar-refractivity contribution >= 4 is 11.7 Å². The molecule has 1 aromatic heterocycles. The monoisotopic (exact) mass is 313 g/mol. The number of nitrogens with zero attached hydrogens (tertiary/aromatic N) is 1. The Morgan fingerprint density at radius 3 is 2.57 bits per heavy atom. The number of carbonyl (C=O) groups is 1. The topological polar surface area (TPSA) is 77.2 Å². The first-order valence-electron chi connectivity index (χ1n) is 5.69. The molecule has 0 fully saturated rings. The Hall–Kier alpha value is -1.97. The summed E-state index contributed by atoms with van der Waals surface area (Å²) >= 11 is 0. The van der Waals surface area contributed by atoms with E-state index in [-0.39, 0.29) is 24.5 Å². The Morgan fingerprint density at radius 1 is 1.38 bits per heavy atom. The summed E-state index contributed by atoms with van der Waals surface area (Å²) in [5.74, 6) is -1.34. The minimum absolute atomic E-state index is 0.110. The number of nitrogens with one attached hydrogen (secondary N) is 1. The molecule has 21 heavy (non-hydrogen) atoms. The summed E-state index contributed by atoms with van der Waals surface area (Å²) < 4.78 is 65.7. The molecule has 1 rings (SSSR count). The molecule has 1 amide bonds. The van der Waals surface area contributed by atoms with Gasteiger partial charge in [0.2, 0.25) is 0 Å². The van der Waals surface area contributed by atoms with E-state index in [2.05, 4.69) is 15.0 Å². The Kier molecular flexibility index (Phi) is 5.82. The lowest BCUT2D eigenvalue weighted by molar-refractivity contribution is -0.141. The van der Waals surface area contributed by atoms with Crippen LogP contribution in [0, 0.1) is 0 Å². The van der Waals surface area contributed by atoms with E-state index in [1.54, 1.807) is 0 Å². The van der Waals surface area contributed by atoms with E-state index in [1.165, 1.54) is 0 Å². The van der Waals surface area contributed by atoms with Gasteiger partial charge in [-0.2, -0.15) is 13.2 Å². The van der Waals surface area contributed by atoms with Gasteiger partial charge in [0.15, 0.2) is 0 Å². The second-order valence-corrected chi connectivity index (χ2v) is 3.85. The molecule has 1 heterocycles. The third-order valence-corrected chi connectivity index (χ3v) is 2.23. The van der Waals surface area contributed by atoms with Gasteiger partial charge in [0.1, 0.15) is 18.1 Å². The molecule has 5 nitrogen and oxygen atoms in total. The van der Waals surface area contributed by atoms with Crippen LogP contribution < -0.4 is 11.1 Å². The first-order valence-corrected chi connectivity index (χ1v) is 5.69. The molecule has 0 saturated carbocycles. The van der Waals surface area contributed by atoms with Crippen molar-refractivity contribution in [1.29, 1.82) is 0 Å². The molecule has 0 aliphatic rings. The van der Waals surface area contributed by atoms with Gasteiger partial charge in [-0.1, -0.05) is 0 Å². The van der Waals surface area contributed by atoms with Crippen molar-refractivity contribution in [3.63, 3.8) is 0 Å². The van der Waals surface area contributed by atoms with Gasteiger partial charge < -0.3 is 15.8 Å². The summed E-state index contributed by atoms with van der Waals surface area (Å²) in [4.78, 5) is 14.3. The van der Waals surface area contributed by atoms with Gasteiger partial charge in [0.25, 0.3) is 12.3 Å². The maximum atomic E-state index is 12.5. The van der Waals surface area contributed by atoms with Crippen LogP contribution in [0.25, 0.3) is 0 Å². The lowest BCUT2D eigenvalue weighted by Crippen LogP contribution is -2.20. The molecular weight excluding hydrogens is 301 g/mol. The number of hydrogen-bond acceptors (Lipinski definition) is 4. The van der Waals surface area contributed by atoms with E-state index in [1.807, 2.05) is 0 Å². The fourth-order valence-electron chi connectivity index (χ4n) is 1.36. The number of primary amides is 1. The second kappa shape index (κ2) is 7.16. The van der Waals surface area contributed by atoms with Crippen molar-refractivity contribution < 1.29 is 31.5 Å². The van der Waals surface area contributed by atoms with Crippen LogP contribution in [-0.4, -0.2) is 37.1 Å². The van der Waals surface area contributed by atoms with E-state index in [4.69, 9.17) is 5.73 Å². The quantitative estimate of drug-likeness (QED) is 0.595. The predicted molar refractivity (Wildman–Crippen MR) is 63.1 cm³/mol. The lowest BCUT2D eigenvalue weighted by atomic mass is 10.2. The molecule has 10 heteroatoms. The highest BCUT2D eigenvalue weighted by Crippen LogP contribution is 2.29. The zero-order valence-corrected chi connectivity index (χ0v) is 10.6. The summed E-state index contributed by atoms with van der Waals surface area (Å²) in [6, 6.07) is 1.51. The number of carbonyl (C=O) groups excluding carboxylic acids is 1. The molecule has 0 bridgehead atoms. The maximum Gasteiger partial charge on any atom is 0.433 e. The normalized spacial score (nSPS) is 11.7. The first kappa shape index (κ1) is 17.1. The van der Waals surface area contributed by atoms with E-state index in [0.717, 1.165) is 6.07 Å².